The van der Waals surface area contributed by atoms with E-state index < -0.39 is 0 Å². The molecule has 0 radical (unpaired) electrons. The molecule has 1 heterocycles. The van der Waals surface area contributed by atoms with Crippen molar-refractivity contribution in [1.29, 1.82) is 0 Å². The number of hydrogen-bond acceptors (Lipinski definition) is 1. The molecule has 3 heteroatoms. The Morgan fingerprint density at radius 3 is 2.80 bits per heavy atom. The van der Waals surface area contributed by atoms with Crippen LogP contribution < -0.4 is 4.74 Å². The second-order valence-electron chi connectivity index (χ2n) is 3.99. The van der Waals surface area contributed by atoms with E-state index in [1.54, 1.807) is 7.11 Å². The molecular weight excluding hydrogens is 254 g/mol. The average molecular weight is 266 g/mol. The highest BCUT2D eigenvalue weighted by molar-refractivity contribution is 9.10. The molecule has 1 fully saturated rings. The molecule has 0 unspecified atom stereocenters. The first-order valence-corrected chi connectivity index (χ1v) is 5.93. The van der Waals surface area contributed by atoms with E-state index in [1.165, 1.54) is 23.7 Å². The Balaban J connectivity index is 2.28. The summed E-state index contributed by atoms with van der Waals surface area (Å²) in [5, 5.41) is 1.24. The van der Waals surface area contributed by atoms with Crippen molar-refractivity contribution < 1.29 is 4.74 Å². The van der Waals surface area contributed by atoms with Crippen molar-refractivity contribution in [1.82, 2.24) is 4.57 Å². The van der Waals surface area contributed by atoms with Crippen LogP contribution in [0.3, 0.4) is 0 Å². The predicted octanol–water partition coefficient (Wildman–Crippen LogP) is 3.75. The lowest BCUT2D eigenvalue weighted by Crippen LogP contribution is -1.96. The summed E-state index contributed by atoms with van der Waals surface area (Å²) >= 11 is 3.49. The number of hydrogen-bond donors (Lipinski definition) is 0. The fourth-order valence-corrected chi connectivity index (χ4v) is 2.43. The van der Waals surface area contributed by atoms with Gasteiger partial charge in [0.25, 0.3) is 0 Å². The van der Waals surface area contributed by atoms with Crippen molar-refractivity contribution in [2.24, 2.45) is 0 Å². The summed E-state index contributed by atoms with van der Waals surface area (Å²) in [6.45, 7) is 0. The van der Waals surface area contributed by atoms with Gasteiger partial charge in [-0.3, -0.25) is 0 Å². The summed E-state index contributed by atoms with van der Waals surface area (Å²) in [5.74, 6) is 0.977. The van der Waals surface area contributed by atoms with Crippen LogP contribution in [-0.4, -0.2) is 11.7 Å². The largest absolute Gasteiger partial charge is 0.482 e. The van der Waals surface area contributed by atoms with Crippen LogP contribution in [0.15, 0.2) is 28.7 Å². The number of fused-ring (bicyclic) bond motifs is 1. The maximum Gasteiger partial charge on any atom is 0.194 e. The van der Waals surface area contributed by atoms with Crippen molar-refractivity contribution >= 4 is 26.8 Å². The van der Waals surface area contributed by atoms with E-state index in [1.807, 2.05) is 0 Å². The first kappa shape index (κ1) is 9.28. The highest BCUT2D eigenvalue weighted by Gasteiger charge is 2.27. The molecule has 0 aliphatic heterocycles. The first-order valence-electron chi connectivity index (χ1n) is 5.14. The molecule has 0 saturated heterocycles. The van der Waals surface area contributed by atoms with E-state index in [9.17, 15) is 0 Å². The van der Waals surface area contributed by atoms with Crippen LogP contribution in [0.1, 0.15) is 18.9 Å². The summed E-state index contributed by atoms with van der Waals surface area (Å²) in [7, 11) is 1.74. The minimum Gasteiger partial charge on any atom is -0.482 e. The number of rotatable bonds is 2. The Labute approximate surface area is 97.0 Å². The number of benzene rings is 1. The molecule has 1 aliphatic carbocycles. The van der Waals surface area contributed by atoms with Gasteiger partial charge in [-0.25, -0.2) is 0 Å². The van der Waals surface area contributed by atoms with Gasteiger partial charge in [0, 0.05) is 22.0 Å². The molecular formula is C12H12BrNO. The van der Waals surface area contributed by atoms with E-state index in [0.29, 0.717) is 6.04 Å². The zero-order chi connectivity index (χ0) is 10.4. The van der Waals surface area contributed by atoms with Crippen molar-refractivity contribution in [3.05, 3.63) is 28.7 Å². The van der Waals surface area contributed by atoms with Gasteiger partial charge in [0.15, 0.2) is 5.88 Å². The van der Waals surface area contributed by atoms with Gasteiger partial charge in [-0.2, -0.15) is 0 Å². The third-order valence-electron chi connectivity index (χ3n) is 2.89. The monoisotopic (exact) mass is 265 g/mol. The molecule has 1 saturated carbocycles. The predicted molar refractivity (Wildman–Crippen MR) is 64.5 cm³/mol. The second-order valence-corrected chi connectivity index (χ2v) is 4.91. The number of methoxy groups -OCH3 is 1. The van der Waals surface area contributed by atoms with Gasteiger partial charge < -0.3 is 9.30 Å². The van der Waals surface area contributed by atoms with Crippen LogP contribution in [0.25, 0.3) is 10.9 Å². The SMILES string of the molecule is COc1cc2cc(Br)ccc2n1C1CC1. The molecule has 0 amide bonds. The molecule has 0 bridgehead atoms. The molecule has 1 aromatic heterocycles. The first-order chi connectivity index (χ1) is 7.29. The zero-order valence-corrected chi connectivity index (χ0v) is 10.1. The zero-order valence-electron chi connectivity index (χ0n) is 8.53. The van der Waals surface area contributed by atoms with E-state index in [2.05, 4.69) is 44.8 Å². The third kappa shape index (κ3) is 1.46. The van der Waals surface area contributed by atoms with E-state index in [-0.39, 0.29) is 0 Å². The summed E-state index contributed by atoms with van der Waals surface area (Å²) in [4.78, 5) is 0. The van der Waals surface area contributed by atoms with Crippen LogP contribution in [0.2, 0.25) is 0 Å². The van der Waals surface area contributed by atoms with Crippen LogP contribution in [-0.2, 0) is 0 Å². The molecule has 1 aliphatic rings. The average Bonchev–Trinajstić information content (AvgIpc) is 2.99. The Kier molecular flexibility index (Phi) is 2.02. The fraction of sp³-hybridized carbons (Fsp3) is 0.333. The number of halogens is 1. The van der Waals surface area contributed by atoms with Gasteiger partial charge in [-0.1, -0.05) is 15.9 Å². The number of nitrogens with zero attached hydrogens (tertiary/aromatic N) is 1. The standard InChI is InChI=1S/C12H12BrNO/c1-15-12-7-8-6-9(13)2-5-11(8)14(12)10-3-4-10/h2,5-7,10H,3-4H2,1H3. The van der Waals surface area contributed by atoms with Crippen LogP contribution >= 0.6 is 15.9 Å². The van der Waals surface area contributed by atoms with Crippen molar-refractivity contribution in [2.45, 2.75) is 18.9 Å². The minimum atomic E-state index is 0.652. The molecule has 0 N–H and O–H groups in total. The molecule has 2 nitrogen and oxygen atoms in total. The van der Waals surface area contributed by atoms with E-state index in [4.69, 9.17) is 4.74 Å². The summed E-state index contributed by atoms with van der Waals surface area (Å²) in [5.41, 5.74) is 1.28. The number of aromatic nitrogens is 1. The fourth-order valence-electron chi connectivity index (χ4n) is 2.05. The van der Waals surface area contributed by atoms with Gasteiger partial charge in [0.1, 0.15) is 0 Å². The molecule has 15 heavy (non-hydrogen) atoms. The highest BCUT2D eigenvalue weighted by Crippen LogP contribution is 2.42. The third-order valence-corrected chi connectivity index (χ3v) is 3.38. The van der Waals surface area contributed by atoms with Crippen molar-refractivity contribution in [2.75, 3.05) is 7.11 Å². The summed E-state index contributed by atoms with van der Waals surface area (Å²) in [6, 6.07) is 9.13. The summed E-state index contributed by atoms with van der Waals surface area (Å²) < 4.78 is 8.84. The quantitative estimate of drug-likeness (QED) is 0.807. The van der Waals surface area contributed by atoms with Gasteiger partial charge in [-0.05, 0) is 31.0 Å². The maximum absolute atomic E-state index is 5.42. The molecule has 78 valence electrons. The lowest BCUT2D eigenvalue weighted by molar-refractivity contribution is 0.376. The lowest BCUT2D eigenvalue weighted by Gasteiger charge is -2.07. The lowest BCUT2D eigenvalue weighted by atomic mass is 10.2. The topological polar surface area (TPSA) is 14.2 Å². The van der Waals surface area contributed by atoms with Gasteiger partial charge in [0.2, 0.25) is 0 Å². The van der Waals surface area contributed by atoms with Gasteiger partial charge >= 0.3 is 0 Å². The molecule has 0 spiro atoms. The van der Waals surface area contributed by atoms with E-state index >= 15 is 0 Å². The van der Waals surface area contributed by atoms with Crippen LogP contribution in [0.4, 0.5) is 0 Å². The number of ether oxygens (including phenoxy) is 1. The Hall–Kier alpha value is -0.960. The molecule has 1 aromatic carbocycles. The van der Waals surface area contributed by atoms with Crippen molar-refractivity contribution in [3.8, 4) is 5.88 Å². The Morgan fingerprint density at radius 1 is 1.33 bits per heavy atom. The Bertz CT molecular complexity index is 514. The second kappa shape index (κ2) is 3.27. The molecule has 3 rings (SSSR count). The van der Waals surface area contributed by atoms with E-state index in [0.717, 1.165) is 10.4 Å². The van der Waals surface area contributed by atoms with Gasteiger partial charge in [0.05, 0.1) is 12.6 Å². The summed E-state index contributed by atoms with van der Waals surface area (Å²) in [6.07, 6.45) is 2.55. The highest BCUT2D eigenvalue weighted by atomic mass is 79.9. The molecule has 2 aromatic rings. The van der Waals surface area contributed by atoms with Crippen molar-refractivity contribution in [3.63, 3.8) is 0 Å². The van der Waals surface area contributed by atoms with Crippen LogP contribution in [0.5, 0.6) is 5.88 Å². The normalized spacial score (nSPS) is 15.9. The minimum absolute atomic E-state index is 0.652. The maximum atomic E-state index is 5.42. The smallest absolute Gasteiger partial charge is 0.194 e. The van der Waals surface area contributed by atoms with Crippen LogP contribution in [0, 0.1) is 0 Å². The Morgan fingerprint density at radius 2 is 2.13 bits per heavy atom. The molecule has 0 atom stereocenters. The van der Waals surface area contributed by atoms with Gasteiger partial charge in [-0.15, -0.1) is 0 Å².